The minimum atomic E-state index is -4.64. The molecule has 1 saturated heterocycles. The van der Waals surface area contributed by atoms with E-state index in [1.54, 1.807) is 37.4 Å². The van der Waals surface area contributed by atoms with Gasteiger partial charge in [0.15, 0.2) is 5.01 Å². The normalized spacial score (nSPS) is 17.8. The molecule has 1 aromatic heterocycles. The van der Waals surface area contributed by atoms with E-state index in [0.29, 0.717) is 18.5 Å². The molecule has 1 aliphatic rings. The van der Waals surface area contributed by atoms with Gasteiger partial charge < -0.3 is 10.2 Å². The van der Waals surface area contributed by atoms with Crippen LogP contribution in [0.2, 0.25) is 0 Å². The maximum atomic E-state index is 13.0. The Labute approximate surface area is 145 Å². The summed E-state index contributed by atoms with van der Waals surface area (Å²) >= 11 is 0.282. The molecule has 3 rings (SSSR count). The molecule has 9 heteroatoms. The molecule has 1 atom stereocenters. The van der Waals surface area contributed by atoms with Crippen LogP contribution < -0.4 is 5.32 Å². The lowest BCUT2D eigenvalue weighted by molar-refractivity contribution is -0.137. The molecular weight excluding hydrogens is 355 g/mol. The van der Waals surface area contributed by atoms with Crippen molar-refractivity contribution >= 4 is 23.2 Å². The van der Waals surface area contributed by atoms with Crippen molar-refractivity contribution in [1.29, 1.82) is 0 Å². The van der Waals surface area contributed by atoms with Crippen molar-refractivity contribution in [3.8, 4) is 11.3 Å². The van der Waals surface area contributed by atoms with Crippen LogP contribution in [0.25, 0.3) is 11.3 Å². The average Bonchev–Trinajstić information content (AvgIpc) is 3.15. The first-order chi connectivity index (χ1) is 11.8. The molecule has 2 amide bonds. The van der Waals surface area contributed by atoms with Crippen LogP contribution in [0.3, 0.4) is 0 Å². The molecule has 0 radical (unpaired) electrons. The van der Waals surface area contributed by atoms with Crippen molar-refractivity contribution in [3.63, 3.8) is 0 Å². The summed E-state index contributed by atoms with van der Waals surface area (Å²) in [6.07, 6.45) is -4.22. The molecule has 2 aromatic rings. The van der Waals surface area contributed by atoms with Crippen molar-refractivity contribution in [2.45, 2.75) is 18.6 Å². The van der Waals surface area contributed by atoms with Gasteiger partial charge >= 0.3 is 6.18 Å². The maximum absolute atomic E-state index is 13.0. The number of carbonyl (C=O) groups is 2. The summed E-state index contributed by atoms with van der Waals surface area (Å²) in [5.74, 6) is -0.976. The minimum absolute atomic E-state index is 0.0331. The number of likely N-dealkylation sites (tertiary alicyclic amines) is 1. The number of halogens is 3. The van der Waals surface area contributed by atoms with E-state index in [1.165, 1.54) is 4.90 Å². The van der Waals surface area contributed by atoms with Crippen molar-refractivity contribution in [1.82, 2.24) is 15.2 Å². The van der Waals surface area contributed by atoms with Crippen LogP contribution in [0, 0.1) is 0 Å². The first-order valence-electron chi connectivity index (χ1n) is 7.46. The molecule has 5 nitrogen and oxygen atoms in total. The molecule has 2 heterocycles. The summed E-state index contributed by atoms with van der Waals surface area (Å²) in [6, 6.07) is 7.46. The van der Waals surface area contributed by atoms with E-state index in [1.807, 2.05) is 0 Å². The van der Waals surface area contributed by atoms with Crippen LogP contribution in [0.5, 0.6) is 0 Å². The predicted molar refractivity (Wildman–Crippen MR) is 86.1 cm³/mol. The smallest absolute Gasteiger partial charge is 0.344 e. The average molecular weight is 369 g/mol. The first kappa shape index (κ1) is 17.4. The Morgan fingerprint density at radius 1 is 1.32 bits per heavy atom. The number of hydrogen-bond acceptors (Lipinski definition) is 4. The number of likely N-dealkylation sites (N-methyl/N-ethyl adjacent to an activating group) is 1. The highest BCUT2D eigenvalue weighted by atomic mass is 32.1. The highest BCUT2D eigenvalue weighted by molar-refractivity contribution is 7.14. The topological polar surface area (TPSA) is 62.3 Å². The molecule has 0 saturated carbocycles. The number of alkyl halides is 3. The Kier molecular flexibility index (Phi) is 4.51. The zero-order valence-electron chi connectivity index (χ0n) is 13.1. The Bertz CT molecular complexity index is 805. The van der Waals surface area contributed by atoms with Crippen LogP contribution >= 0.6 is 11.3 Å². The van der Waals surface area contributed by atoms with E-state index in [4.69, 9.17) is 0 Å². The summed E-state index contributed by atoms with van der Waals surface area (Å²) in [5.41, 5.74) is 0.378. The highest BCUT2D eigenvalue weighted by Crippen LogP contribution is 2.37. The molecule has 1 fully saturated rings. The van der Waals surface area contributed by atoms with Crippen LogP contribution in [0.1, 0.15) is 21.1 Å². The van der Waals surface area contributed by atoms with Crippen LogP contribution in [0.4, 0.5) is 13.2 Å². The third kappa shape index (κ3) is 3.51. The van der Waals surface area contributed by atoms with Gasteiger partial charge in [0.1, 0.15) is 10.9 Å². The molecular formula is C16H14F3N3O2S. The highest BCUT2D eigenvalue weighted by Gasteiger charge is 2.38. The second kappa shape index (κ2) is 6.47. The monoisotopic (exact) mass is 369 g/mol. The van der Waals surface area contributed by atoms with Crippen molar-refractivity contribution in [2.75, 3.05) is 13.6 Å². The number of hydrogen-bond donors (Lipinski definition) is 1. The van der Waals surface area contributed by atoms with E-state index >= 15 is 0 Å². The van der Waals surface area contributed by atoms with Crippen LogP contribution in [-0.2, 0) is 11.0 Å². The summed E-state index contributed by atoms with van der Waals surface area (Å²) in [5, 5.41) is 1.43. The first-order valence-corrected chi connectivity index (χ1v) is 8.28. The van der Waals surface area contributed by atoms with Gasteiger partial charge in [-0.2, -0.15) is 13.2 Å². The molecule has 0 bridgehead atoms. The fraction of sp³-hybridized carbons (Fsp3) is 0.312. The number of benzene rings is 1. The van der Waals surface area contributed by atoms with E-state index in [2.05, 4.69) is 10.3 Å². The Balaban J connectivity index is 1.95. The van der Waals surface area contributed by atoms with Gasteiger partial charge in [-0.25, -0.2) is 4.98 Å². The molecule has 0 aliphatic carbocycles. The third-order valence-electron chi connectivity index (χ3n) is 3.86. The number of nitrogens with zero attached hydrogens (tertiary/aromatic N) is 2. The summed E-state index contributed by atoms with van der Waals surface area (Å²) in [7, 11) is 1.61. The number of thiazole rings is 1. The largest absolute Gasteiger partial charge is 0.443 e. The molecule has 0 spiro atoms. The second-order valence-corrected chi connectivity index (χ2v) is 6.63. The SMILES string of the molecule is CN1CCC(NC(=O)c2sc(C(F)(F)F)nc2-c2ccccc2)C1=O. The number of rotatable bonds is 3. The fourth-order valence-corrected chi connectivity index (χ4v) is 3.42. The number of nitrogens with one attached hydrogen (secondary N) is 1. The van der Waals surface area contributed by atoms with Crippen molar-refractivity contribution in [3.05, 3.63) is 40.2 Å². The maximum Gasteiger partial charge on any atom is 0.443 e. The van der Waals surface area contributed by atoms with Crippen molar-refractivity contribution in [2.24, 2.45) is 0 Å². The summed E-state index contributed by atoms with van der Waals surface area (Å²) in [4.78, 5) is 29.4. The Morgan fingerprint density at radius 2 is 2.00 bits per heavy atom. The van der Waals surface area contributed by atoms with Gasteiger partial charge in [-0.15, -0.1) is 11.3 Å². The van der Waals surface area contributed by atoms with Crippen molar-refractivity contribution < 1.29 is 22.8 Å². The van der Waals surface area contributed by atoms with Gasteiger partial charge in [0.2, 0.25) is 5.91 Å². The predicted octanol–water partition coefficient (Wildman–Crippen LogP) is 2.79. The van der Waals surface area contributed by atoms with E-state index in [0.717, 1.165) is 0 Å². The van der Waals surface area contributed by atoms with Gasteiger partial charge in [-0.05, 0) is 6.42 Å². The Morgan fingerprint density at radius 3 is 2.56 bits per heavy atom. The zero-order chi connectivity index (χ0) is 18.2. The lowest BCUT2D eigenvalue weighted by Crippen LogP contribution is -2.40. The molecule has 1 N–H and O–H groups in total. The van der Waals surface area contributed by atoms with Gasteiger partial charge in [0, 0.05) is 19.2 Å². The molecule has 132 valence electrons. The van der Waals surface area contributed by atoms with Crippen LogP contribution in [0.15, 0.2) is 30.3 Å². The molecule has 25 heavy (non-hydrogen) atoms. The number of carbonyl (C=O) groups excluding carboxylic acids is 2. The third-order valence-corrected chi connectivity index (χ3v) is 4.95. The van der Waals surface area contributed by atoms with Gasteiger partial charge in [-0.1, -0.05) is 30.3 Å². The fourth-order valence-electron chi connectivity index (χ4n) is 2.57. The summed E-state index contributed by atoms with van der Waals surface area (Å²) < 4.78 is 39.1. The van der Waals surface area contributed by atoms with E-state index in [-0.39, 0.29) is 27.8 Å². The summed E-state index contributed by atoms with van der Waals surface area (Å²) in [6.45, 7) is 0.492. The lowest BCUT2D eigenvalue weighted by Gasteiger charge is -2.12. The number of aromatic nitrogens is 1. The molecule has 1 aromatic carbocycles. The zero-order valence-corrected chi connectivity index (χ0v) is 13.9. The van der Waals surface area contributed by atoms with E-state index in [9.17, 15) is 22.8 Å². The van der Waals surface area contributed by atoms with Gasteiger partial charge in [-0.3, -0.25) is 9.59 Å². The Hall–Kier alpha value is -2.42. The van der Waals surface area contributed by atoms with Crippen LogP contribution in [-0.4, -0.2) is 41.3 Å². The molecule has 1 aliphatic heterocycles. The standard InChI is InChI=1S/C16H14F3N3O2S/c1-22-8-7-10(14(22)24)20-13(23)12-11(9-5-3-2-4-6-9)21-15(25-12)16(17,18)19/h2-6,10H,7-8H2,1H3,(H,20,23). The number of amides is 2. The van der Waals surface area contributed by atoms with E-state index < -0.39 is 23.1 Å². The molecule has 1 unspecified atom stereocenters. The quantitative estimate of drug-likeness (QED) is 0.905. The lowest BCUT2D eigenvalue weighted by atomic mass is 10.1. The minimum Gasteiger partial charge on any atom is -0.344 e. The van der Waals surface area contributed by atoms with Gasteiger partial charge in [0.05, 0.1) is 5.69 Å². The second-order valence-electron chi connectivity index (χ2n) is 5.64. The van der Waals surface area contributed by atoms with Gasteiger partial charge in [0.25, 0.3) is 5.91 Å².